The second-order valence-electron chi connectivity index (χ2n) is 4.50. The van der Waals surface area contributed by atoms with Crippen molar-refractivity contribution in [3.8, 4) is 0 Å². The Hall–Kier alpha value is -1.62. The van der Waals surface area contributed by atoms with Gasteiger partial charge in [0, 0.05) is 13.1 Å². The first-order valence-electron chi connectivity index (χ1n) is 5.74. The van der Waals surface area contributed by atoms with Crippen molar-refractivity contribution in [2.75, 3.05) is 13.1 Å². The maximum atomic E-state index is 14.0. The van der Waals surface area contributed by atoms with Gasteiger partial charge in [0.05, 0.1) is 12.2 Å². The summed E-state index contributed by atoms with van der Waals surface area (Å²) in [5.74, 6) is -5.07. The summed E-state index contributed by atoms with van der Waals surface area (Å²) in [6.07, 6.45) is -2.66. The molecule has 0 spiro atoms. The molecule has 0 bridgehead atoms. The average molecular weight is 323 g/mol. The van der Waals surface area contributed by atoms with Gasteiger partial charge in [-0.2, -0.15) is 4.31 Å². The molecule has 10 heteroatoms. The van der Waals surface area contributed by atoms with E-state index in [1.54, 1.807) is 0 Å². The molecule has 7 nitrogen and oxygen atoms in total. The molecule has 1 aliphatic rings. The van der Waals surface area contributed by atoms with Crippen molar-refractivity contribution < 1.29 is 37.3 Å². The van der Waals surface area contributed by atoms with Crippen LogP contribution in [0.2, 0.25) is 0 Å². The largest absolute Gasteiger partial charge is 0.477 e. The van der Waals surface area contributed by atoms with Crippen LogP contribution in [-0.2, 0) is 10.0 Å². The van der Waals surface area contributed by atoms with Gasteiger partial charge in [-0.1, -0.05) is 0 Å². The van der Waals surface area contributed by atoms with Crippen molar-refractivity contribution >= 4 is 16.0 Å². The molecule has 0 radical (unpaired) electrons. The molecule has 1 fully saturated rings. The molecule has 1 saturated heterocycles. The van der Waals surface area contributed by atoms with Crippen LogP contribution < -0.4 is 0 Å². The summed E-state index contributed by atoms with van der Waals surface area (Å²) in [6, 6.07) is 1.13. The molecule has 1 heterocycles. The summed E-state index contributed by atoms with van der Waals surface area (Å²) >= 11 is 0. The number of β-amino-alcohol motifs (C(OH)–C–C–N with tert-alkyl or cyclic N) is 2. The van der Waals surface area contributed by atoms with Gasteiger partial charge >= 0.3 is 5.97 Å². The number of carbonyl (C=O) groups is 1. The first-order chi connectivity index (χ1) is 9.66. The lowest BCUT2D eigenvalue weighted by atomic mass is 10.2. The quantitative estimate of drug-likeness (QED) is 0.683. The zero-order valence-corrected chi connectivity index (χ0v) is 11.2. The van der Waals surface area contributed by atoms with Gasteiger partial charge in [0.15, 0.2) is 5.82 Å². The van der Waals surface area contributed by atoms with Crippen LogP contribution in [0.5, 0.6) is 0 Å². The molecule has 1 aromatic carbocycles. The third kappa shape index (κ3) is 2.62. The molecule has 3 N–H and O–H groups in total. The van der Waals surface area contributed by atoms with E-state index in [0.29, 0.717) is 16.4 Å². The van der Waals surface area contributed by atoms with E-state index in [9.17, 15) is 32.2 Å². The predicted molar refractivity (Wildman–Crippen MR) is 64.1 cm³/mol. The SMILES string of the molecule is O=C(O)c1c(F)ccc(S(=O)(=O)N2CC(O)C(O)C2)c1F. The van der Waals surface area contributed by atoms with Crippen molar-refractivity contribution in [1.29, 1.82) is 0 Å². The van der Waals surface area contributed by atoms with E-state index in [0.717, 1.165) is 0 Å². The third-order valence-corrected chi connectivity index (χ3v) is 4.96. The summed E-state index contributed by atoms with van der Waals surface area (Å²) in [7, 11) is -4.50. The zero-order valence-electron chi connectivity index (χ0n) is 10.4. The fourth-order valence-corrected chi connectivity index (χ4v) is 3.54. The van der Waals surface area contributed by atoms with Gasteiger partial charge in [-0.15, -0.1) is 0 Å². The number of aromatic carboxylic acids is 1. The summed E-state index contributed by atoms with van der Waals surface area (Å²) in [5, 5.41) is 27.4. The normalized spacial score (nSPS) is 23.4. The highest BCUT2D eigenvalue weighted by atomic mass is 32.2. The van der Waals surface area contributed by atoms with Gasteiger partial charge in [-0.25, -0.2) is 22.0 Å². The molecule has 116 valence electrons. The summed E-state index contributed by atoms with van der Waals surface area (Å²) in [4.78, 5) is 9.75. The molecule has 0 aliphatic carbocycles. The molecule has 0 amide bonds. The number of aliphatic hydroxyl groups is 2. The Kier molecular flexibility index (Phi) is 3.97. The van der Waals surface area contributed by atoms with Crippen LogP contribution in [0.25, 0.3) is 0 Å². The van der Waals surface area contributed by atoms with Crippen LogP contribution in [0, 0.1) is 11.6 Å². The van der Waals surface area contributed by atoms with E-state index in [-0.39, 0.29) is 0 Å². The molecule has 0 saturated carbocycles. The maximum absolute atomic E-state index is 14.0. The van der Waals surface area contributed by atoms with Crippen molar-refractivity contribution in [3.63, 3.8) is 0 Å². The first-order valence-corrected chi connectivity index (χ1v) is 7.18. The van der Waals surface area contributed by atoms with Crippen LogP contribution >= 0.6 is 0 Å². The van der Waals surface area contributed by atoms with Crippen molar-refractivity contribution in [1.82, 2.24) is 4.31 Å². The Morgan fingerprint density at radius 1 is 1.19 bits per heavy atom. The van der Waals surface area contributed by atoms with Gasteiger partial charge in [0.2, 0.25) is 10.0 Å². The number of sulfonamides is 1. The van der Waals surface area contributed by atoms with E-state index in [4.69, 9.17) is 5.11 Å². The molecule has 1 aliphatic heterocycles. The van der Waals surface area contributed by atoms with Gasteiger partial charge in [-0.05, 0) is 12.1 Å². The highest BCUT2D eigenvalue weighted by molar-refractivity contribution is 7.89. The second kappa shape index (κ2) is 5.30. The lowest BCUT2D eigenvalue weighted by Gasteiger charge is -2.16. The number of hydrogen-bond donors (Lipinski definition) is 3. The minimum atomic E-state index is -4.50. The minimum absolute atomic E-state index is 0.470. The van der Waals surface area contributed by atoms with Gasteiger partial charge in [-0.3, -0.25) is 0 Å². The van der Waals surface area contributed by atoms with E-state index in [2.05, 4.69) is 0 Å². The van der Waals surface area contributed by atoms with Crippen molar-refractivity contribution in [2.24, 2.45) is 0 Å². The number of halogens is 2. The average Bonchev–Trinajstić information content (AvgIpc) is 2.69. The Morgan fingerprint density at radius 2 is 1.71 bits per heavy atom. The highest BCUT2D eigenvalue weighted by Gasteiger charge is 2.39. The molecule has 1 aromatic rings. The highest BCUT2D eigenvalue weighted by Crippen LogP contribution is 2.26. The fourth-order valence-electron chi connectivity index (χ4n) is 2.00. The number of hydrogen-bond acceptors (Lipinski definition) is 5. The van der Waals surface area contributed by atoms with E-state index in [1.165, 1.54) is 0 Å². The maximum Gasteiger partial charge on any atom is 0.341 e. The lowest BCUT2D eigenvalue weighted by Crippen LogP contribution is -2.31. The van der Waals surface area contributed by atoms with E-state index >= 15 is 0 Å². The molecular weight excluding hydrogens is 312 g/mol. The van der Waals surface area contributed by atoms with Crippen LogP contribution in [0.4, 0.5) is 8.78 Å². The summed E-state index contributed by atoms with van der Waals surface area (Å²) in [6.45, 7) is -0.939. The third-order valence-electron chi connectivity index (χ3n) is 3.11. The molecule has 2 atom stereocenters. The van der Waals surface area contributed by atoms with Gasteiger partial charge in [0.25, 0.3) is 0 Å². The van der Waals surface area contributed by atoms with E-state index in [1.807, 2.05) is 0 Å². The first kappa shape index (κ1) is 15.8. The molecule has 21 heavy (non-hydrogen) atoms. The number of aliphatic hydroxyl groups excluding tert-OH is 2. The van der Waals surface area contributed by atoms with Gasteiger partial charge in [0.1, 0.15) is 16.3 Å². The van der Waals surface area contributed by atoms with Crippen LogP contribution in [-0.4, -0.2) is 59.3 Å². The number of benzene rings is 1. The predicted octanol–water partition coefficient (Wildman–Crippen LogP) is -0.611. The number of rotatable bonds is 3. The Morgan fingerprint density at radius 3 is 2.19 bits per heavy atom. The zero-order chi connectivity index (χ0) is 15.9. The smallest absolute Gasteiger partial charge is 0.341 e. The molecule has 2 rings (SSSR count). The van der Waals surface area contributed by atoms with Crippen molar-refractivity contribution in [3.05, 3.63) is 29.3 Å². The summed E-state index contributed by atoms with van der Waals surface area (Å²) in [5.41, 5.74) is -1.38. The Bertz CT molecular complexity index is 682. The second-order valence-corrected chi connectivity index (χ2v) is 6.40. The van der Waals surface area contributed by atoms with E-state index < -0.39 is 63.4 Å². The van der Waals surface area contributed by atoms with Crippen molar-refractivity contribution in [2.45, 2.75) is 17.1 Å². The molecular formula is C11H11F2NO6S. The topological polar surface area (TPSA) is 115 Å². The number of carboxylic acids is 1. The fraction of sp³-hybridized carbons (Fsp3) is 0.364. The number of carboxylic acid groups (broad SMARTS) is 1. The molecule has 0 aromatic heterocycles. The minimum Gasteiger partial charge on any atom is -0.477 e. The van der Waals surface area contributed by atoms with Crippen LogP contribution in [0.1, 0.15) is 10.4 Å². The Labute approximate surface area is 118 Å². The van der Waals surface area contributed by atoms with Gasteiger partial charge < -0.3 is 15.3 Å². The summed E-state index contributed by atoms with van der Waals surface area (Å²) < 4.78 is 52.2. The number of nitrogens with zero attached hydrogens (tertiary/aromatic N) is 1. The lowest BCUT2D eigenvalue weighted by molar-refractivity contribution is 0.0572. The standard InChI is InChI=1S/C11H11F2NO6S/c12-5-1-2-8(10(13)9(5)11(17)18)21(19,20)14-3-6(15)7(16)4-14/h1-2,6-7,15-16H,3-4H2,(H,17,18). The Balaban J connectivity index is 2.52. The monoisotopic (exact) mass is 323 g/mol. The molecule has 2 unspecified atom stereocenters. The van der Waals surface area contributed by atoms with Crippen LogP contribution in [0.3, 0.4) is 0 Å². The van der Waals surface area contributed by atoms with Crippen LogP contribution in [0.15, 0.2) is 17.0 Å².